The van der Waals surface area contributed by atoms with E-state index < -0.39 is 0 Å². The third kappa shape index (κ3) is 3.08. The van der Waals surface area contributed by atoms with Crippen molar-refractivity contribution in [2.45, 2.75) is 13.3 Å². The number of benzene rings is 1. The number of hydrogen-bond donors (Lipinski definition) is 1. The van der Waals surface area contributed by atoms with E-state index in [1.54, 1.807) is 0 Å². The Balaban J connectivity index is 2.62. The summed E-state index contributed by atoms with van der Waals surface area (Å²) >= 11 is 3.45. The summed E-state index contributed by atoms with van der Waals surface area (Å²) in [5.41, 5.74) is 2.26. The fourth-order valence-electron chi connectivity index (χ4n) is 1.02. The minimum atomic E-state index is 0.528. The normalized spacial score (nSPS) is 9.31. The van der Waals surface area contributed by atoms with Gasteiger partial charge in [-0.05, 0) is 40.5 Å². The van der Waals surface area contributed by atoms with Crippen LogP contribution >= 0.6 is 15.9 Å². The first-order valence-corrected chi connectivity index (χ1v) is 4.90. The van der Waals surface area contributed by atoms with Gasteiger partial charge in [0.15, 0.2) is 0 Å². The number of nitrogens with zero attached hydrogens (tertiary/aromatic N) is 1. The Morgan fingerprint density at radius 1 is 1.54 bits per heavy atom. The predicted molar refractivity (Wildman–Crippen MR) is 57.6 cm³/mol. The number of aryl methyl sites for hydroxylation is 1. The maximum absolute atomic E-state index is 8.36. The van der Waals surface area contributed by atoms with Crippen LogP contribution in [0, 0.1) is 18.3 Å². The van der Waals surface area contributed by atoms with Crippen molar-refractivity contribution in [1.82, 2.24) is 0 Å². The van der Waals surface area contributed by atoms with Crippen molar-refractivity contribution in [3.05, 3.63) is 28.2 Å². The summed E-state index contributed by atoms with van der Waals surface area (Å²) in [6.07, 6.45) is 0.528. The fourth-order valence-corrected chi connectivity index (χ4v) is 1.65. The lowest BCUT2D eigenvalue weighted by atomic mass is 10.2. The van der Waals surface area contributed by atoms with Gasteiger partial charge >= 0.3 is 0 Å². The van der Waals surface area contributed by atoms with Gasteiger partial charge in [0.2, 0.25) is 0 Å². The van der Waals surface area contributed by atoms with Gasteiger partial charge in [-0.15, -0.1) is 0 Å². The Kier molecular flexibility index (Phi) is 3.78. The molecule has 13 heavy (non-hydrogen) atoms. The largest absolute Gasteiger partial charge is 0.383 e. The summed E-state index contributed by atoms with van der Waals surface area (Å²) < 4.78 is 1.05. The summed E-state index contributed by atoms with van der Waals surface area (Å²) in [6, 6.07) is 8.19. The summed E-state index contributed by atoms with van der Waals surface area (Å²) in [6.45, 7) is 2.74. The zero-order valence-corrected chi connectivity index (χ0v) is 9.06. The SMILES string of the molecule is Cc1ccc(NCCC#N)c(Br)c1. The molecule has 0 atom stereocenters. The molecule has 0 amide bonds. The lowest BCUT2D eigenvalue weighted by Gasteiger charge is -2.06. The minimum Gasteiger partial charge on any atom is -0.383 e. The molecule has 0 heterocycles. The van der Waals surface area contributed by atoms with E-state index in [4.69, 9.17) is 5.26 Å². The van der Waals surface area contributed by atoms with Crippen LogP contribution in [0.4, 0.5) is 5.69 Å². The number of anilines is 1. The van der Waals surface area contributed by atoms with Crippen molar-refractivity contribution in [3.63, 3.8) is 0 Å². The first-order chi connectivity index (χ1) is 6.24. The first kappa shape index (κ1) is 10.1. The highest BCUT2D eigenvalue weighted by Gasteiger charge is 1.97. The molecule has 2 nitrogen and oxygen atoms in total. The van der Waals surface area contributed by atoms with Crippen LogP contribution in [0.5, 0.6) is 0 Å². The molecule has 0 saturated heterocycles. The van der Waals surface area contributed by atoms with E-state index in [0.29, 0.717) is 13.0 Å². The van der Waals surface area contributed by atoms with E-state index in [2.05, 4.69) is 33.4 Å². The fraction of sp³-hybridized carbons (Fsp3) is 0.300. The van der Waals surface area contributed by atoms with Crippen molar-refractivity contribution >= 4 is 21.6 Å². The highest BCUT2D eigenvalue weighted by Crippen LogP contribution is 2.22. The van der Waals surface area contributed by atoms with Crippen LogP contribution in [0.1, 0.15) is 12.0 Å². The lowest BCUT2D eigenvalue weighted by molar-refractivity contribution is 1.07. The number of hydrogen-bond acceptors (Lipinski definition) is 2. The quantitative estimate of drug-likeness (QED) is 0.822. The Bertz CT molecular complexity index is 328. The highest BCUT2D eigenvalue weighted by molar-refractivity contribution is 9.10. The third-order valence-corrected chi connectivity index (χ3v) is 2.33. The molecule has 0 radical (unpaired) electrons. The average molecular weight is 239 g/mol. The van der Waals surface area contributed by atoms with E-state index >= 15 is 0 Å². The zero-order chi connectivity index (χ0) is 9.68. The Hall–Kier alpha value is -1.01. The molecular weight excluding hydrogens is 228 g/mol. The van der Waals surface area contributed by atoms with E-state index in [-0.39, 0.29) is 0 Å². The molecule has 1 N–H and O–H groups in total. The minimum absolute atomic E-state index is 0.528. The van der Waals surface area contributed by atoms with Gasteiger partial charge < -0.3 is 5.32 Å². The van der Waals surface area contributed by atoms with Crippen LogP contribution in [0.2, 0.25) is 0 Å². The second kappa shape index (κ2) is 4.88. The van der Waals surface area contributed by atoms with Gasteiger partial charge in [-0.3, -0.25) is 0 Å². The van der Waals surface area contributed by atoms with Gasteiger partial charge in [0.25, 0.3) is 0 Å². The molecule has 0 spiro atoms. The Labute approximate surface area is 86.7 Å². The molecule has 0 aliphatic heterocycles. The van der Waals surface area contributed by atoms with Gasteiger partial charge in [0.05, 0.1) is 12.5 Å². The van der Waals surface area contributed by atoms with Crippen LogP contribution in [0.25, 0.3) is 0 Å². The van der Waals surface area contributed by atoms with Crippen molar-refractivity contribution in [2.24, 2.45) is 0 Å². The second-order valence-corrected chi connectivity index (χ2v) is 3.67. The molecule has 1 aromatic carbocycles. The van der Waals surface area contributed by atoms with Gasteiger partial charge in [-0.1, -0.05) is 6.07 Å². The third-order valence-electron chi connectivity index (χ3n) is 1.68. The Morgan fingerprint density at radius 2 is 2.31 bits per heavy atom. The summed E-state index contributed by atoms with van der Waals surface area (Å²) in [5.74, 6) is 0. The highest BCUT2D eigenvalue weighted by atomic mass is 79.9. The zero-order valence-electron chi connectivity index (χ0n) is 7.47. The van der Waals surface area contributed by atoms with Crippen molar-refractivity contribution < 1.29 is 0 Å². The smallest absolute Gasteiger partial charge is 0.0640 e. The van der Waals surface area contributed by atoms with Gasteiger partial charge in [-0.25, -0.2) is 0 Å². The summed E-state index contributed by atoms with van der Waals surface area (Å²) in [4.78, 5) is 0. The van der Waals surface area contributed by atoms with E-state index in [1.807, 2.05) is 19.1 Å². The lowest BCUT2D eigenvalue weighted by Crippen LogP contribution is -2.00. The van der Waals surface area contributed by atoms with Crippen LogP contribution in [0.15, 0.2) is 22.7 Å². The maximum atomic E-state index is 8.36. The Morgan fingerprint density at radius 3 is 2.92 bits per heavy atom. The van der Waals surface area contributed by atoms with Crippen molar-refractivity contribution in [1.29, 1.82) is 5.26 Å². The average Bonchev–Trinajstić information content (AvgIpc) is 2.09. The van der Waals surface area contributed by atoms with Gasteiger partial charge in [-0.2, -0.15) is 5.26 Å². The standard InChI is InChI=1S/C10H11BrN2/c1-8-3-4-10(9(11)7-8)13-6-2-5-12/h3-4,7,13H,2,6H2,1H3. The van der Waals surface area contributed by atoms with Crippen LogP contribution in [-0.4, -0.2) is 6.54 Å². The number of nitrogens with one attached hydrogen (secondary N) is 1. The first-order valence-electron chi connectivity index (χ1n) is 4.11. The van der Waals surface area contributed by atoms with E-state index in [0.717, 1.165) is 10.2 Å². The molecule has 0 fully saturated rings. The molecule has 1 aromatic rings. The molecule has 1 rings (SSSR count). The molecule has 0 aliphatic rings. The molecule has 0 aromatic heterocycles. The second-order valence-electron chi connectivity index (χ2n) is 2.82. The predicted octanol–water partition coefficient (Wildman–Crippen LogP) is 3.08. The molecule has 0 unspecified atom stereocenters. The summed E-state index contributed by atoms with van der Waals surface area (Å²) in [7, 11) is 0. The van der Waals surface area contributed by atoms with Gasteiger partial charge in [0, 0.05) is 16.7 Å². The molecule has 0 aliphatic carbocycles. The van der Waals surface area contributed by atoms with Crippen molar-refractivity contribution in [3.8, 4) is 6.07 Å². The molecule has 0 saturated carbocycles. The van der Waals surface area contributed by atoms with Gasteiger partial charge in [0.1, 0.15) is 0 Å². The molecule has 68 valence electrons. The number of nitriles is 1. The number of halogens is 1. The maximum Gasteiger partial charge on any atom is 0.0640 e. The van der Waals surface area contributed by atoms with Crippen molar-refractivity contribution in [2.75, 3.05) is 11.9 Å². The van der Waals surface area contributed by atoms with Crippen LogP contribution in [0.3, 0.4) is 0 Å². The monoisotopic (exact) mass is 238 g/mol. The molecule has 3 heteroatoms. The van der Waals surface area contributed by atoms with E-state index in [1.165, 1.54) is 5.56 Å². The molecule has 0 bridgehead atoms. The summed E-state index contributed by atoms with van der Waals surface area (Å²) in [5, 5.41) is 11.5. The number of rotatable bonds is 3. The van der Waals surface area contributed by atoms with Crippen LogP contribution < -0.4 is 5.32 Å². The topological polar surface area (TPSA) is 35.8 Å². The van der Waals surface area contributed by atoms with E-state index in [9.17, 15) is 0 Å². The molecular formula is C10H11BrN2. The van der Waals surface area contributed by atoms with Crippen LogP contribution in [-0.2, 0) is 0 Å².